The van der Waals surface area contributed by atoms with E-state index in [0.29, 0.717) is 43.0 Å². The molecule has 6 rings (SSSR count). The number of aryl methyl sites for hydroxylation is 1. The molecule has 0 radical (unpaired) electrons. The molecule has 1 N–H and O–H groups in total. The van der Waals surface area contributed by atoms with Crippen LogP contribution in [0, 0.1) is 5.92 Å². The maximum absolute atomic E-state index is 13.2. The van der Waals surface area contributed by atoms with E-state index in [2.05, 4.69) is 21.3 Å². The van der Waals surface area contributed by atoms with Gasteiger partial charge in [0.1, 0.15) is 0 Å². The van der Waals surface area contributed by atoms with Crippen molar-refractivity contribution in [2.24, 2.45) is 5.92 Å². The summed E-state index contributed by atoms with van der Waals surface area (Å²) >= 11 is 0. The minimum absolute atomic E-state index is 0.132. The summed E-state index contributed by atoms with van der Waals surface area (Å²) in [7, 11) is 0. The second-order valence-electron chi connectivity index (χ2n) is 11.4. The maximum Gasteiger partial charge on any atom is 0.416 e. The van der Waals surface area contributed by atoms with Crippen molar-refractivity contribution < 1.29 is 22.7 Å². The summed E-state index contributed by atoms with van der Waals surface area (Å²) in [5.41, 5.74) is 4.75. The van der Waals surface area contributed by atoms with Gasteiger partial charge in [-0.2, -0.15) is 13.2 Å². The van der Waals surface area contributed by atoms with Crippen LogP contribution in [0.1, 0.15) is 53.1 Å². The number of ether oxygens (including phenoxy) is 1. The van der Waals surface area contributed by atoms with Crippen LogP contribution in [0.25, 0.3) is 0 Å². The van der Waals surface area contributed by atoms with Crippen LogP contribution in [0.4, 0.5) is 13.2 Å². The largest absolute Gasteiger partial charge is 0.416 e. The van der Waals surface area contributed by atoms with Gasteiger partial charge in [0, 0.05) is 62.8 Å². The van der Waals surface area contributed by atoms with Gasteiger partial charge in [0.25, 0.3) is 0 Å². The third kappa shape index (κ3) is 5.90. The lowest BCUT2D eigenvalue weighted by molar-refractivity contribution is -0.137. The van der Waals surface area contributed by atoms with Crippen molar-refractivity contribution in [3.05, 3.63) is 76.2 Å². The molecule has 0 saturated carbocycles. The molecule has 1 aromatic carbocycles. The number of halogens is 3. The highest BCUT2D eigenvalue weighted by Crippen LogP contribution is 2.40. The van der Waals surface area contributed by atoms with Crippen LogP contribution in [0.3, 0.4) is 0 Å². The molecule has 4 heterocycles. The smallest absolute Gasteiger partial charge is 0.380 e. The van der Waals surface area contributed by atoms with Crippen molar-refractivity contribution in [2.75, 3.05) is 39.4 Å². The number of benzene rings is 1. The van der Waals surface area contributed by atoms with Gasteiger partial charge >= 0.3 is 6.18 Å². The average Bonchev–Trinajstić information content (AvgIpc) is 3.67. The van der Waals surface area contributed by atoms with E-state index >= 15 is 0 Å². The summed E-state index contributed by atoms with van der Waals surface area (Å²) in [6.45, 7) is 4.47. The number of hydrogen-bond donors (Lipinski definition) is 1. The van der Waals surface area contributed by atoms with Crippen LogP contribution < -0.4 is 5.32 Å². The maximum atomic E-state index is 13.2. The molecular weight excluding hydrogens is 505 g/mol. The lowest BCUT2D eigenvalue weighted by Crippen LogP contribution is -2.38. The van der Waals surface area contributed by atoms with Gasteiger partial charge in [0.15, 0.2) is 0 Å². The van der Waals surface area contributed by atoms with Crippen LogP contribution in [-0.2, 0) is 35.1 Å². The lowest BCUT2D eigenvalue weighted by Gasteiger charge is -2.28. The van der Waals surface area contributed by atoms with Crippen LogP contribution in [-0.4, -0.2) is 66.1 Å². The Bertz CT molecular complexity index is 1240. The fourth-order valence-corrected chi connectivity index (χ4v) is 6.72. The topological polar surface area (TPSA) is 57.7 Å². The van der Waals surface area contributed by atoms with Gasteiger partial charge in [0.05, 0.1) is 18.7 Å². The van der Waals surface area contributed by atoms with E-state index < -0.39 is 11.7 Å². The minimum atomic E-state index is -4.37. The van der Waals surface area contributed by atoms with Gasteiger partial charge in [-0.3, -0.25) is 19.6 Å². The zero-order valence-electron chi connectivity index (χ0n) is 22.1. The Hall–Kier alpha value is -2.75. The molecule has 2 fully saturated rings. The third-order valence-electron chi connectivity index (χ3n) is 8.84. The molecule has 1 aliphatic carbocycles. The van der Waals surface area contributed by atoms with Gasteiger partial charge in [-0.25, -0.2) is 0 Å². The van der Waals surface area contributed by atoms with Crippen LogP contribution >= 0.6 is 0 Å². The summed E-state index contributed by atoms with van der Waals surface area (Å²) in [4.78, 5) is 22.0. The molecule has 3 atom stereocenters. The number of hydrogen-bond acceptors (Lipinski definition) is 5. The molecule has 39 heavy (non-hydrogen) atoms. The molecular formula is C30H35F3N4O2. The highest BCUT2D eigenvalue weighted by molar-refractivity contribution is 5.79. The van der Waals surface area contributed by atoms with Crippen molar-refractivity contribution in [2.45, 2.75) is 56.8 Å². The molecule has 0 bridgehead atoms. The van der Waals surface area contributed by atoms with Crippen molar-refractivity contribution in [1.29, 1.82) is 0 Å². The number of aromatic nitrogens is 1. The van der Waals surface area contributed by atoms with Crippen molar-refractivity contribution in [1.82, 2.24) is 20.1 Å². The van der Waals surface area contributed by atoms with E-state index in [4.69, 9.17) is 4.74 Å². The van der Waals surface area contributed by atoms with Gasteiger partial charge in [-0.1, -0.05) is 12.1 Å². The quantitative estimate of drug-likeness (QED) is 0.592. The standard InChI is InChI=1S/C30H35F3N4O2/c31-30(32,33)26-6-5-20-7-10-36(15-24(20)13-26)18-28(38)35-14-25-17-37(27-8-11-39-19-27)16-23(25)12-22-4-3-21-2-1-9-34-29(21)22/h1-2,5-6,9,13-14,22-23,27H,3-4,7-8,10-12,15-19H2,(H,35,38)/b25-14-/t22?,23-,27?/m0/s1. The Morgan fingerprint density at radius 3 is 2.82 bits per heavy atom. The molecule has 9 heteroatoms. The number of nitrogens with one attached hydrogen (secondary N) is 1. The second kappa shape index (κ2) is 11.0. The zero-order valence-corrected chi connectivity index (χ0v) is 22.1. The Kier molecular flexibility index (Phi) is 7.48. The number of carbonyl (C=O) groups excluding carboxylic acids is 1. The normalized spacial score (nSPS) is 26.6. The predicted octanol–water partition coefficient (Wildman–Crippen LogP) is 4.30. The molecule has 2 saturated heterocycles. The second-order valence-corrected chi connectivity index (χ2v) is 11.4. The van der Waals surface area contributed by atoms with Crippen molar-refractivity contribution in [3.63, 3.8) is 0 Å². The summed E-state index contributed by atoms with van der Waals surface area (Å²) in [5.74, 6) is 0.638. The Balaban J connectivity index is 1.10. The number of nitrogens with zero attached hydrogens (tertiary/aromatic N) is 3. The first-order chi connectivity index (χ1) is 18.8. The van der Waals surface area contributed by atoms with E-state index in [1.807, 2.05) is 23.4 Å². The first-order valence-electron chi connectivity index (χ1n) is 14.0. The average molecular weight is 541 g/mol. The molecule has 6 nitrogen and oxygen atoms in total. The van der Waals surface area contributed by atoms with Gasteiger partial charge < -0.3 is 10.1 Å². The summed E-state index contributed by atoms with van der Waals surface area (Å²) < 4.78 is 45.2. The van der Waals surface area contributed by atoms with Gasteiger partial charge in [-0.05, 0) is 78.5 Å². The SMILES string of the molecule is O=C(CN1CCc2ccc(C(F)(F)F)cc2C1)N/C=C1/CN(C2CCOC2)C[C@@H]1CC1CCc2cccnc21. The number of pyridine rings is 1. The number of amides is 1. The number of fused-ring (bicyclic) bond motifs is 2. The molecule has 208 valence electrons. The van der Waals surface area contributed by atoms with E-state index in [1.165, 1.54) is 22.9 Å². The van der Waals surface area contributed by atoms with E-state index in [1.54, 1.807) is 6.07 Å². The van der Waals surface area contributed by atoms with Gasteiger partial charge in [-0.15, -0.1) is 0 Å². The molecule has 4 aliphatic rings. The van der Waals surface area contributed by atoms with Crippen molar-refractivity contribution in [3.8, 4) is 0 Å². The molecule has 3 aliphatic heterocycles. The van der Waals surface area contributed by atoms with E-state index in [9.17, 15) is 18.0 Å². The number of likely N-dealkylation sites (tertiary alicyclic amines) is 1. The predicted molar refractivity (Wildman–Crippen MR) is 141 cm³/mol. The highest BCUT2D eigenvalue weighted by atomic mass is 19.4. The molecule has 1 amide bonds. The molecule has 1 aromatic heterocycles. The summed E-state index contributed by atoms with van der Waals surface area (Å²) in [6.07, 6.45) is 4.28. The molecule has 2 aromatic rings. The summed E-state index contributed by atoms with van der Waals surface area (Å²) in [5, 5.41) is 3.02. The number of rotatable bonds is 6. The van der Waals surface area contributed by atoms with E-state index in [0.717, 1.165) is 63.6 Å². The van der Waals surface area contributed by atoms with Crippen molar-refractivity contribution >= 4 is 5.91 Å². The van der Waals surface area contributed by atoms with Crippen LogP contribution in [0.5, 0.6) is 0 Å². The zero-order chi connectivity index (χ0) is 27.0. The minimum Gasteiger partial charge on any atom is -0.380 e. The molecule has 0 spiro atoms. The van der Waals surface area contributed by atoms with E-state index in [-0.39, 0.29) is 12.5 Å². The first kappa shape index (κ1) is 26.5. The Morgan fingerprint density at radius 2 is 2.00 bits per heavy atom. The molecule has 2 unspecified atom stereocenters. The number of alkyl halides is 3. The Labute approximate surface area is 227 Å². The monoisotopic (exact) mass is 540 g/mol. The lowest BCUT2D eigenvalue weighted by atomic mass is 9.89. The Morgan fingerprint density at radius 1 is 1.10 bits per heavy atom. The van der Waals surface area contributed by atoms with Crippen LogP contribution in [0.2, 0.25) is 0 Å². The fourth-order valence-electron chi connectivity index (χ4n) is 6.72. The van der Waals surface area contributed by atoms with Crippen LogP contribution in [0.15, 0.2) is 48.3 Å². The summed E-state index contributed by atoms with van der Waals surface area (Å²) in [6, 6.07) is 8.54. The third-order valence-corrected chi connectivity index (χ3v) is 8.84. The van der Waals surface area contributed by atoms with Gasteiger partial charge in [0.2, 0.25) is 5.91 Å². The first-order valence-corrected chi connectivity index (χ1v) is 14.0. The highest BCUT2D eigenvalue weighted by Gasteiger charge is 2.37. The fraction of sp³-hybridized carbons (Fsp3) is 0.533. The number of carbonyl (C=O) groups is 1.